The Morgan fingerprint density at radius 3 is 2.57 bits per heavy atom. The van der Waals surface area contributed by atoms with Crippen molar-refractivity contribution in [1.29, 1.82) is 0 Å². The van der Waals surface area contributed by atoms with Crippen LogP contribution in [0, 0.1) is 0 Å². The molecule has 2 N–H and O–H groups in total. The van der Waals surface area contributed by atoms with E-state index >= 15 is 0 Å². The molecule has 0 radical (unpaired) electrons. The third-order valence-corrected chi connectivity index (χ3v) is 5.60. The molecule has 0 fully saturated rings. The van der Waals surface area contributed by atoms with Gasteiger partial charge in [0.25, 0.3) is 5.91 Å². The predicted octanol–water partition coefficient (Wildman–Crippen LogP) is 4.63. The summed E-state index contributed by atoms with van der Waals surface area (Å²) in [5.74, 6) is 0.329. The summed E-state index contributed by atoms with van der Waals surface area (Å²) in [7, 11) is 1.56. The normalized spacial score (nSPS) is 10.4. The lowest BCUT2D eigenvalue weighted by Gasteiger charge is -2.09. The number of thiophene rings is 1. The molecular formula is C21H19BrN2O3S. The van der Waals surface area contributed by atoms with Crippen LogP contribution in [0.1, 0.15) is 20.8 Å². The van der Waals surface area contributed by atoms with Gasteiger partial charge in [0.1, 0.15) is 5.75 Å². The van der Waals surface area contributed by atoms with E-state index in [4.69, 9.17) is 4.74 Å². The minimum Gasteiger partial charge on any atom is -0.497 e. The molecular weight excluding hydrogens is 440 g/mol. The van der Waals surface area contributed by atoms with E-state index in [-0.39, 0.29) is 11.8 Å². The Kier molecular flexibility index (Phi) is 6.84. The van der Waals surface area contributed by atoms with Crippen LogP contribution in [0.3, 0.4) is 0 Å². The van der Waals surface area contributed by atoms with E-state index in [0.717, 1.165) is 10.4 Å². The number of rotatable bonds is 7. The number of hydrogen-bond acceptors (Lipinski definition) is 4. The molecule has 0 bridgehead atoms. The number of benzene rings is 2. The highest BCUT2D eigenvalue weighted by Crippen LogP contribution is 2.23. The molecule has 0 aliphatic rings. The van der Waals surface area contributed by atoms with Gasteiger partial charge in [-0.3, -0.25) is 9.59 Å². The van der Waals surface area contributed by atoms with Gasteiger partial charge in [0.05, 0.1) is 25.6 Å². The van der Waals surface area contributed by atoms with Crippen LogP contribution >= 0.6 is 27.3 Å². The fourth-order valence-corrected chi connectivity index (χ4v) is 3.63. The standard InChI is InChI=1S/C21H19BrN2O3S/c1-27-16-8-9-19(22)18(12-16)21(26)24-15-6-4-14(5-7-15)11-20(25)23-13-17-3-2-10-28-17/h2-10,12H,11,13H2,1H3,(H,23,25)(H,24,26). The van der Waals surface area contributed by atoms with Gasteiger partial charge in [0, 0.05) is 15.0 Å². The van der Waals surface area contributed by atoms with Crippen LogP contribution in [0.4, 0.5) is 5.69 Å². The monoisotopic (exact) mass is 458 g/mol. The van der Waals surface area contributed by atoms with E-state index in [1.807, 2.05) is 29.6 Å². The minimum absolute atomic E-state index is 0.0366. The molecule has 5 nitrogen and oxygen atoms in total. The van der Waals surface area contributed by atoms with Crippen molar-refractivity contribution >= 4 is 44.8 Å². The third kappa shape index (κ3) is 5.43. The Bertz CT molecular complexity index is 956. The van der Waals surface area contributed by atoms with Gasteiger partial charge in [0.2, 0.25) is 5.91 Å². The van der Waals surface area contributed by atoms with Gasteiger partial charge in [-0.15, -0.1) is 11.3 Å². The first kappa shape index (κ1) is 20.1. The SMILES string of the molecule is COc1ccc(Br)c(C(=O)Nc2ccc(CC(=O)NCc3cccs3)cc2)c1. The van der Waals surface area contributed by atoms with Gasteiger partial charge < -0.3 is 15.4 Å². The van der Waals surface area contributed by atoms with E-state index in [1.54, 1.807) is 48.8 Å². The Hall–Kier alpha value is -2.64. The molecule has 0 spiro atoms. The number of hydrogen-bond donors (Lipinski definition) is 2. The third-order valence-electron chi connectivity index (χ3n) is 4.03. The number of carbonyl (C=O) groups excluding carboxylic acids is 2. The maximum atomic E-state index is 12.5. The fourth-order valence-electron chi connectivity index (χ4n) is 2.56. The highest BCUT2D eigenvalue weighted by Gasteiger charge is 2.12. The van der Waals surface area contributed by atoms with Crippen LogP contribution < -0.4 is 15.4 Å². The van der Waals surface area contributed by atoms with E-state index in [0.29, 0.717) is 34.4 Å². The Morgan fingerprint density at radius 1 is 1.11 bits per heavy atom. The molecule has 0 saturated carbocycles. The van der Waals surface area contributed by atoms with E-state index in [1.165, 1.54) is 0 Å². The number of methoxy groups -OCH3 is 1. The molecule has 3 rings (SSSR count). The number of anilines is 1. The zero-order chi connectivity index (χ0) is 19.9. The second kappa shape index (κ2) is 9.52. The highest BCUT2D eigenvalue weighted by molar-refractivity contribution is 9.10. The van der Waals surface area contributed by atoms with Crippen LogP contribution in [0.2, 0.25) is 0 Å². The van der Waals surface area contributed by atoms with E-state index in [2.05, 4.69) is 26.6 Å². The molecule has 2 amide bonds. The van der Waals surface area contributed by atoms with Crippen LogP contribution in [-0.4, -0.2) is 18.9 Å². The molecule has 7 heteroatoms. The van der Waals surface area contributed by atoms with Gasteiger partial charge in [0.15, 0.2) is 0 Å². The highest BCUT2D eigenvalue weighted by atomic mass is 79.9. The molecule has 28 heavy (non-hydrogen) atoms. The average molecular weight is 459 g/mol. The molecule has 0 atom stereocenters. The summed E-state index contributed by atoms with van der Waals surface area (Å²) in [5.41, 5.74) is 2.02. The summed E-state index contributed by atoms with van der Waals surface area (Å²) in [5, 5.41) is 7.74. The second-order valence-electron chi connectivity index (χ2n) is 6.03. The van der Waals surface area contributed by atoms with Crippen LogP contribution in [0.25, 0.3) is 0 Å². The number of ether oxygens (including phenoxy) is 1. The molecule has 0 unspecified atom stereocenters. The Labute approximate surface area is 175 Å². The lowest BCUT2D eigenvalue weighted by atomic mass is 10.1. The molecule has 0 saturated heterocycles. The molecule has 2 aromatic carbocycles. The molecule has 1 aromatic heterocycles. The summed E-state index contributed by atoms with van der Waals surface area (Å²) in [6.45, 7) is 0.542. The van der Waals surface area contributed by atoms with Crippen LogP contribution in [0.5, 0.6) is 5.75 Å². The van der Waals surface area contributed by atoms with Crippen molar-refractivity contribution in [3.63, 3.8) is 0 Å². The first-order valence-electron chi connectivity index (χ1n) is 8.58. The summed E-state index contributed by atoms with van der Waals surface area (Å²) in [6.07, 6.45) is 0.293. The number of amides is 2. The molecule has 144 valence electrons. The van der Waals surface area contributed by atoms with Crippen molar-refractivity contribution < 1.29 is 14.3 Å². The molecule has 0 aliphatic heterocycles. The zero-order valence-corrected chi connectivity index (χ0v) is 17.6. The van der Waals surface area contributed by atoms with Gasteiger partial charge in [-0.25, -0.2) is 0 Å². The van der Waals surface area contributed by atoms with Crippen molar-refractivity contribution in [2.24, 2.45) is 0 Å². The summed E-state index contributed by atoms with van der Waals surface area (Å²) < 4.78 is 5.85. The summed E-state index contributed by atoms with van der Waals surface area (Å²) in [4.78, 5) is 25.7. The van der Waals surface area contributed by atoms with Crippen molar-refractivity contribution in [1.82, 2.24) is 5.32 Å². The van der Waals surface area contributed by atoms with Crippen molar-refractivity contribution in [3.8, 4) is 5.75 Å². The van der Waals surface area contributed by atoms with Gasteiger partial charge in [-0.1, -0.05) is 18.2 Å². The second-order valence-corrected chi connectivity index (χ2v) is 7.92. The number of nitrogens with one attached hydrogen (secondary N) is 2. The number of halogens is 1. The van der Waals surface area contributed by atoms with E-state index < -0.39 is 0 Å². The van der Waals surface area contributed by atoms with E-state index in [9.17, 15) is 9.59 Å². The Balaban J connectivity index is 1.56. The van der Waals surface area contributed by atoms with Gasteiger partial charge in [-0.2, -0.15) is 0 Å². The molecule has 0 aliphatic carbocycles. The average Bonchev–Trinajstić information content (AvgIpc) is 3.22. The summed E-state index contributed by atoms with van der Waals surface area (Å²) >= 11 is 5.00. The van der Waals surface area contributed by atoms with Crippen molar-refractivity contribution in [2.75, 3.05) is 12.4 Å². The zero-order valence-electron chi connectivity index (χ0n) is 15.2. The van der Waals surface area contributed by atoms with Crippen molar-refractivity contribution in [3.05, 3.63) is 80.5 Å². The van der Waals surface area contributed by atoms with Crippen molar-refractivity contribution in [2.45, 2.75) is 13.0 Å². The van der Waals surface area contributed by atoms with Crippen LogP contribution in [0.15, 0.2) is 64.5 Å². The lowest BCUT2D eigenvalue weighted by molar-refractivity contribution is -0.120. The first-order valence-corrected chi connectivity index (χ1v) is 10.3. The first-order chi connectivity index (χ1) is 13.5. The molecule has 3 aromatic rings. The Morgan fingerprint density at radius 2 is 1.89 bits per heavy atom. The largest absolute Gasteiger partial charge is 0.497 e. The van der Waals surface area contributed by atoms with Gasteiger partial charge in [-0.05, 0) is 63.3 Å². The smallest absolute Gasteiger partial charge is 0.256 e. The van der Waals surface area contributed by atoms with Gasteiger partial charge >= 0.3 is 0 Å². The quantitative estimate of drug-likeness (QED) is 0.542. The fraction of sp³-hybridized carbons (Fsp3) is 0.143. The minimum atomic E-state index is -0.243. The predicted molar refractivity (Wildman–Crippen MR) is 115 cm³/mol. The molecule has 1 heterocycles. The lowest BCUT2D eigenvalue weighted by Crippen LogP contribution is -2.24. The summed E-state index contributed by atoms with van der Waals surface area (Å²) in [6, 6.07) is 16.4. The maximum Gasteiger partial charge on any atom is 0.256 e. The van der Waals surface area contributed by atoms with Crippen LogP contribution in [-0.2, 0) is 17.8 Å². The maximum absolute atomic E-state index is 12.5. The number of carbonyl (C=O) groups is 2. The topological polar surface area (TPSA) is 67.4 Å².